The molecule has 0 aromatic rings. The fourth-order valence-electron chi connectivity index (χ4n) is 5.71. The smallest absolute Gasteiger partial charge is 0.416 e. The Labute approximate surface area is 205 Å². The molecule has 0 aromatic carbocycles. The van der Waals surface area contributed by atoms with Gasteiger partial charge in [0.05, 0.1) is 12.2 Å². The molecule has 0 spiro atoms. The van der Waals surface area contributed by atoms with E-state index in [1.165, 1.54) is 5.57 Å². The Morgan fingerprint density at radius 2 is 1.91 bits per heavy atom. The lowest BCUT2D eigenvalue weighted by atomic mass is 9.63. The van der Waals surface area contributed by atoms with Gasteiger partial charge in [0.15, 0.2) is 5.60 Å². The summed E-state index contributed by atoms with van der Waals surface area (Å²) >= 11 is 0. The van der Waals surface area contributed by atoms with Crippen LogP contribution in [0.4, 0.5) is 13.2 Å². The van der Waals surface area contributed by atoms with Gasteiger partial charge in [0, 0.05) is 6.42 Å². The highest BCUT2D eigenvalue weighted by Crippen LogP contribution is 2.55. The van der Waals surface area contributed by atoms with Crippen LogP contribution in [0.1, 0.15) is 72.1 Å². The Hall–Kier alpha value is -1.90. The summed E-state index contributed by atoms with van der Waals surface area (Å²) in [7, 11) is 0. The van der Waals surface area contributed by atoms with Crippen molar-refractivity contribution in [2.45, 2.75) is 102 Å². The maximum Gasteiger partial charge on any atom is 0.416 e. The van der Waals surface area contributed by atoms with Crippen LogP contribution in [0, 0.1) is 11.3 Å². The Bertz CT molecular complexity index is 914. The molecule has 3 aliphatic carbocycles. The molecule has 2 fully saturated rings. The molecule has 0 amide bonds. The second kappa shape index (κ2) is 10.2. The highest BCUT2D eigenvalue weighted by Gasteiger charge is 2.50. The average Bonchev–Trinajstić information content (AvgIpc) is 3.11. The van der Waals surface area contributed by atoms with E-state index >= 15 is 0 Å². The first-order valence-electron chi connectivity index (χ1n) is 12.3. The van der Waals surface area contributed by atoms with Crippen LogP contribution in [0.5, 0.6) is 0 Å². The fourth-order valence-corrected chi connectivity index (χ4v) is 5.71. The first-order valence-corrected chi connectivity index (χ1v) is 12.3. The van der Waals surface area contributed by atoms with E-state index in [2.05, 4.69) is 25.7 Å². The number of aliphatic hydroxyl groups is 3. The highest BCUT2D eigenvalue weighted by molar-refractivity contribution is 5.70. The number of esters is 1. The molecule has 0 bridgehead atoms. The molecule has 0 saturated heterocycles. The molecule has 8 heteroatoms. The number of halogens is 3. The Morgan fingerprint density at radius 3 is 2.51 bits per heavy atom. The summed E-state index contributed by atoms with van der Waals surface area (Å²) in [4.78, 5) is 12.3. The van der Waals surface area contributed by atoms with Gasteiger partial charge in [0.2, 0.25) is 0 Å². The second-order valence-corrected chi connectivity index (χ2v) is 10.7. The molecule has 0 unspecified atom stereocenters. The molecular formula is C27H37F3O5. The third-order valence-electron chi connectivity index (χ3n) is 8.08. The number of rotatable bonds is 6. The van der Waals surface area contributed by atoms with Gasteiger partial charge >= 0.3 is 12.1 Å². The number of allylic oxidation sites excluding steroid dienone is 4. The topological polar surface area (TPSA) is 87.0 Å². The first kappa shape index (κ1) is 27.7. The standard InChI is InChI=1S/C27H37F3O5/c1-16-22(31)14-18(15-23(16)32)7-8-19-6-5-12-25(3)20(9-10-21(19)25)17(2)35-24(33)11-13-26(4,34)27(28,29)30/h7-9,17,21-23,31-32,34H,1,5-6,10-15H2,2-4H3/t17-,21-,22+,23+,25+,26+/m0/s1. The van der Waals surface area contributed by atoms with Crippen molar-refractivity contribution in [3.63, 3.8) is 0 Å². The van der Waals surface area contributed by atoms with Gasteiger partial charge in [-0.25, -0.2) is 0 Å². The Balaban J connectivity index is 1.65. The zero-order valence-electron chi connectivity index (χ0n) is 20.7. The molecule has 0 radical (unpaired) electrons. The van der Waals surface area contributed by atoms with Crippen molar-refractivity contribution >= 4 is 5.97 Å². The van der Waals surface area contributed by atoms with Crippen molar-refractivity contribution < 1.29 is 38.0 Å². The van der Waals surface area contributed by atoms with Crippen LogP contribution in [0.15, 0.2) is 47.1 Å². The van der Waals surface area contributed by atoms with Gasteiger partial charge in [-0.1, -0.05) is 42.9 Å². The van der Waals surface area contributed by atoms with Crippen LogP contribution in [-0.2, 0) is 9.53 Å². The largest absolute Gasteiger partial charge is 0.458 e. The molecule has 0 aromatic heterocycles. The lowest BCUT2D eigenvalue weighted by molar-refractivity contribution is -0.255. The van der Waals surface area contributed by atoms with E-state index in [1.54, 1.807) is 6.92 Å². The van der Waals surface area contributed by atoms with E-state index in [1.807, 2.05) is 6.08 Å². The van der Waals surface area contributed by atoms with E-state index in [0.29, 0.717) is 25.3 Å². The SMILES string of the molecule is C=C1[C@H](O)CC(=CC=C2CCC[C@]3(C)C([C@H](C)OC(=O)CC[C@@](C)(O)C(F)(F)F)=CC[C@@H]23)C[C@H]1O. The zero-order chi connectivity index (χ0) is 26.2. The summed E-state index contributed by atoms with van der Waals surface area (Å²) in [6.45, 7) is 8.30. The molecule has 0 heterocycles. The van der Waals surface area contributed by atoms with Crippen LogP contribution < -0.4 is 0 Å². The van der Waals surface area contributed by atoms with Gasteiger partial charge < -0.3 is 20.1 Å². The third-order valence-corrected chi connectivity index (χ3v) is 8.08. The van der Waals surface area contributed by atoms with Gasteiger partial charge in [-0.05, 0) is 81.3 Å². The van der Waals surface area contributed by atoms with Crippen LogP contribution >= 0.6 is 0 Å². The molecule has 3 rings (SSSR count). The van der Waals surface area contributed by atoms with Crippen molar-refractivity contribution in [1.82, 2.24) is 0 Å². The minimum absolute atomic E-state index is 0.223. The van der Waals surface area contributed by atoms with Crippen molar-refractivity contribution in [2.24, 2.45) is 11.3 Å². The quantitative estimate of drug-likeness (QED) is 0.352. The van der Waals surface area contributed by atoms with Gasteiger partial charge in [0.1, 0.15) is 6.10 Å². The molecule has 2 saturated carbocycles. The minimum atomic E-state index is -4.81. The summed E-state index contributed by atoms with van der Waals surface area (Å²) < 4.78 is 44.1. The van der Waals surface area contributed by atoms with Crippen LogP contribution in [0.25, 0.3) is 0 Å². The monoisotopic (exact) mass is 498 g/mol. The van der Waals surface area contributed by atoms with E-state index in [0.717, 1.165) is 36.8 Å². The molecule has 35 heavy (non-hydrogen) atoms. The predicted octanol–water partition coefficient (Wildman–Crippen LogP) is 5.07. The number of hydrogen-bond donors (Lipinski definition) is 3. The highest BCUT2D eigenvalue weighted by atomic mass is 19.4. The number of aliphatic hydroxyl groups excluding tert-OH is 2. The molecular weight excluding hydrogens is 461 g/mol. The number of carbonyl (C=O) groups is 1. The second-order valence-electron chi connectivity index (χ2n) is 10.7. The third kappa shape index (κ3) is 5.92. The molecule has 0 aliphatic heterocycles. The molecule has 5 nitrogen and oxygen atoms in total. The zero-order valence-corrected chi connectivity index (χ0v) is 20.7. The lowest BCUT2D eigenvalue weighted by Gasteiger charge is -2.42. The van der Waals surface area contributed by atoms with Crippen molar-refractivity contribution in [3.05, 3.63) is 47.1 Å². The van der Waals surface area contributed by atoms with E-state index in [9.17, 15) is 33.3 Å². The maximum atomic E-state index is 12.9. The summed E-state index contributed by atoms with van der Waals surface area (Å²) in [6.07, 6.45) is 2.55. The van der Waals surface area contributed by atoms with Crippen molar-refractivity contribution in [2.75, 3.05) is 0 Å². The summed E-state index contributed by atoms with van der Waals surface area (Å²) in [6, 6.07) is 0. The first-order chi connectivity index (χ1) is 16.2. The number of hydrogen-bond acceptors (Lipinski definition) is 5. The lowest BCUT2D eigenvalue weighted by Crippen LogP contribution is -2.42. The number of carbonyl (C=O) groups excluding carboxylic acids is 1. The predicted molar refractivity (Wildman–Crippen MR) is 126 cm³/mol. The van der Waals surface area contributed by atoms with E-state index in [4.69, 9.17) is 4.74 Å². The number of alkyl halides is 3. The molecule has 196 valence electrons. The molecule has 6 atom stereocenters. The Morgan fingerprint density at radius 1 is 1.29 bits per heavy atom. The van der Waals surface area contributed by atoms with Crippen LogP contribution in [0.2, 0.25) is 0 Å². The fraction of sp³-hybridized carbons (Fsp3) is 0.667. The maximum absolute atomic E-state index is 12.9. The van der Waals surface area contributed by atoms with Crippen LogP contribution in [-0.4, -0.2) is 51.4 Å². The van der Waals surface area contributed by atoms with Gasteiger partial charge in [0.25, 0.3) is 0 Å². The number of ether oxygens (including phenoxy) is 1. The van der Waals surface area contributed by atoms with Gasteiger partial charge in [-0.3, -0.25) is 4.79 Å². The van der Waals surface area contributed by atoms with E-state index < -0.39 is 48.9 Å². The van der Waals surface area contributed by atoms with E-state index in [-0.39, 0.29) is 11.3 Å². The van der Waals surface area contributed by atoms with Crippen molar-refractivity contribution in [1.29, 1.82) is 0 Å². The normalized spacial score (nSPS) is 33.1. The minimum Gasteiger partial charge on any atom is -0.458 e. The number of fused-ring (bicyclic) bond motifs is 1. The van der Waals surface area contributed by atoms with Crippen molar-refractivity contribution in [3.8, 4) is 0 Å². The summed E-state index contributed by atoms with van der Waals surface area (Å²) in [5.41, 5.74) is 0.520. The van der Waals surface area contributed by atoms with Gasteiger partial charge in [-0.15, -0.1) is 0 Å². The molecule has 3 aliphatic rings. The summed E-state index contributed by atoms with van der Waals surface area (Å²) in [5, 5.41) is 29.8. The summed E-state index contributed by atoms with van der Waals surface area (Å²) in [5.74, 6) is -0.536. The van der Waals surface area contributed by atoms with Crippen LogP contribution in [0.3, 0.4) is 0 Å². The molecule has 3 N–H and O–H groups in total. The van der Waals surface area contributed by atoms with Gasteiger partial charge in [-0.2, -0.15) is 13.2 Å². The Kier molecular flexibility index (Phi) is 8.09. The average molecular weight is 499 g/mol.